The predicted octanol–water partition coefficient (Wildman–Crippen LogP) is 5.43. The highest BCUT2D eigenvalue weighted by molar-refractivity contribution is 7.15. The molecule has 1 aromatic heterocycles. The third-order valence-electron chi connectivity index (χ3n) is 6.60. The average molecular weight is 488 g/mol. The van der Waals surface area contributed by atoms with Crippen molar-refractivity contribution in [1.82, 2.24) is 0 Å². The van der Waals surface area contributed by atoms with E-state index in [-0.39, 0.29) is 35.2 Å². The number of esters is 2. The highest BCUT2D eigenvalue weighted by Gasteiger charge is 2.42. The smallest absolute Gasteiger partial charge is 0.350 e. The molecule has 0 unspecified atom stereocenters. The van der Waals surface area contributed by atoms with Crippen LogP contribution >= 0.6 is 11.3 Å². The second-order valence-corrected chi connectivity index (χ2v) is 11.8. The number of carbonyl (C=O) groups is 3. The van der Waals surface area contributed by atoms with E-state index in [2.05, 4.69) is 18.8 Å². The lowest BCUT2D eigenvalue weighted by Crippen LogP contribution is -2.51. The first kappa shape index (κ1) is 26.3. The number of hydrogen-bond acceptors (Lipinski definition) is 6. The zero-order valence-electron chi connectivity index (χ0n) is 21.2. The maximum absolute atomic E-state index is 13.9. The molecule has 0 spiro atoms. The minimum atomic E-state index is -0.449. The highest BCUT2D eigenvalue weighted by atomic mass is 32.1. The van der Waals surface area contributed by atoms with E-state index >= 15 is 0 Å². The Morgan fingerprint density at radius 2 is 1.79 bits per heavy atom. The van der Waals surface area contributed by atoms with Crippen molar-refractivity contribution in [2.45, 2.75) is 79.2 Å². The van der Waals surface area contributed by atoms with E-state index in [1.54, 1.807) is 0 Å². The molecule has 2 saturated carbocycles. The van der Waals surface area contributed by atoms with Crippen molar-refractivity contribution >= 4 is 34.9 Å². The predicted molar refractivity (Wildman–Crippen MR) is 134 cm³/mol. The number of anilines is 1. The molecule has 7 heteroatoms. The van der Waals surface area contributed by atoms with Crippen LogP contribution in [0.1, 0.15) is 87.7 Å². The van der Waals surface area contributed by atoms with Gasteiger partial charge in [0.15, 0.2) is 0 Å². The molecule has 0 aromatic carbocycles. The SMILES string of the molecule is COC(=O)c1sc(C#CC(C)(C)C)cc1N(C(=O)C1CCC(C)CC1)C1CC(COC(C)=O)C1. The van der Waals surface area contributed by atoms with Crippen LogP contribution < -0.4 is 4.90 Å². The first-order valence-corrected chi connectivity index (χ1v) is 13.0. The van der Waals surface area contributed by atoms with E-state index in [1.165, 1.54) is 25.4 Å². The summed E-state index contributed by atoms with van der Waals surface area (Å²) < 4.78 is 10.3. The van der Waals surface area contributed by atoms with Crippen LogP contribution in [0.3, 0.4) is 0 Å². The van der Waals surface area contributed by atoms with Crippen molar-refractivity contribution in [2.24, 2.45) is 23.2 Å². The molecular formula is C27H37NO5S. The molecule has 186 valence electrons. The highest BCUT2D eigenvalue weighted by Crippen LogP contribution is 2.42. The number of rotatable bonds is 6. The number of thiophene rings is 1. The van der Waals surface area contributed by atoms with Crippen molar-refractivity contribution in [3.05, 3.63) is 15.8 Å². The summed E-state index contributed by atoms with van der Waals surface area (Å²) in [5, 5.41) is 0. The Hall–Kier alpha value is -2.33. The summed E-state index contributed by atoms with van der Waals surface area (Å²) in [4.78, 5) is 40.8. The van der Waals surface area contributed by atoms with Gasteiger partial charge in [0.05, 0.1) is 24.3 Å². The van der Waals surface area contributed by atoms with Crippen LogP contribution in [0, 0.1) is 35.0 Å². The van der Waals surface area contributed by atoms with E-state index in [9.17, 15) is 14.4 Å². The van der Waals surface area contributed by atoms with Crippen molar-refractivity contribution in [3.63, 3.8) is 0 Å². The number of ether oxygens (including phenoxy) is 2. The number of amides is 1. The van der Waals surface area contributed by atoms with Crippen molar-refractivity contribution in [2.75, 3.05) is 18.6 Å². The zero-order chi connectivity index (χ0) is 25.0. The van der Waals surface area contributed by atoms with Gasteiger partial charge in [-0.3, -0.25) is 9.59 Å². The van der Waals surface area contributed by atoms with E-state index in [4.69, 9.17) is 9.47 Å². The van der Waals surface area contributed by atoms with E-state index in [0.29, 0.717) is 23.1 Å². The Balaban J connectivity index is 1.94. The summed E-state index contributed by atoms with van der Waals surface area (Å²) in [6.45, 7) is 10.1. The van der Waals surface area contributed by atoms with E-state index in [1.807, 2.05) is 31.7 Å². The Kier molecular flexibility index (Phi) is 8.46. The number of methoxy groups -OCH3 is 1. The number of carbonyl (C=O) groups excluding carboxylic acids is 3. The van der Waals surface area contributed by atoms with Crippen LogP contribution in [0.4, 0.5) is 5.69 Å². The van der Waals surface area contributed by atoms with Crippen LogP contribution in [0.5, 0.6) is 0 Å². The van der Waals surface area contributed by atoms with Gasteiger partial charge in [0, 0.05) is 24.3 Å². The molecule has 0 N–H and O–H groups in total. The van der Waals surface area contributed by atoms with Gasteiger partial charge in [-0.05, 0) is 77.2 Å². The maximum atomic E-state index is 13.9. The molecule has 2 aliphatic rings. The molecule has 3 rings (SSSR count). The van der Waals surface area contributed by atoms with Crippen LogP contribution in [0.25, 0.3) is 0 Å². The third kappa shape index (κ3) is 6.63. The molecular weight excluding hydrogens is 450 g/mol. The van der Waals surface area contributed by atoms with Gasteiger partial charge in [-0.2, -0.15) is 0 Å². The monoisotopic (exact) mass is 487 g/mol. The average Bonchev–Trinajstić information content (AvgIpc) is 3.16. The van der Waals surface area contributed by atoms with Gasteiger partial charge < -0.3 is 14.4 Å². The van der Waals surface area contributed by atoms with Crippen molar-refractivity contribution < 1.29 is 23.9 Å². The van der Waals surface area contributed by atoms with Crippen LogP contribution in [0.2, 0.25) is 0 Å². The maximum Gasteiger partial charge on any atom is 0.350 e. The summed E-state index contributed by atoms with van der Waals surface area (Å²) in [7, 11) is 1.36. The summed E-state index contributed by atoms with van der Waals surface area (Å²) in [6.07, 6.45) is 5.30. The lowest BCUT2D eigenvalue weighted by molar-refractivity contribution is -0.143. The fourth-order valence-electron chi connectivity index (χ4n) is 4.59. The van der Waals surface area contributed by atoms with Gasteiger partial charge >= 0.3 is 11.9 Å². The lowest BCUT2D eigenvalue weighted by atomic mass is 9.77. The van der Waals surface area contributed by atoms with Gasteiger partial charge in [0.25, 0.3) is 0 Å². The quantitative estimate of drug-likeness (QED) is 0.395. The largest absolute Gasteiger partial charge is 0.466 e. The van der Waals surface area contributed by atoms with Gasteiger partial charge in [-0.1, -0.05) is 18.8 Å². The molecule has 34 heavy (non-hydrogen) atoms. The van der Waals surface area contributed by atoms with Gasteiger partial charge in [-0.25, -0.2) is 4.79 Å². The van der Waals surface area contributed by atoms with Gasteiger partial charge in [-0.15, -0.1) is 11.3 Å². The zero-order valence-corrected chi connectivity index (χ0v) is 22.0. The first-order chi connectivity index (χ1) is 16.0. The fourth-order valence-corrected chi connectivity index (χ4v) is 5.51. The fraction of sp³-hybridized carbons (Fsp3) is 0.667. The normalized spacial score (nSPS) is 24.3. The Morgan fingerprint density at radius 1 is 1.15 bits per heavy atom. The molecule has 0 radical (unpaired) electrons. The van der Waals surface area contributed by atoms with Crippen LogP contribution in [-0.4, -0.2) is 37.6 Å². The van der Waals surface area contributed by atoms with Crippen LogP contribution in [0.15, 0.2) is 6.07 Å². The molecule has 2 fully saturated rings. The standard InChI is InChI=1S/C27H37NO5S/c1-17-7-9-20(10-8-17)25(30)28(21-13-19(14-21)16-33-18(2)29)23-15-22(11-12-27(3,4)5)34-24(23)26(31)32-6/h15,17,19-21H,7-10,13-14,16H2,1-6H3. The Labute approximate surface area is 207 Å². The summed E-state index contributed by atoms with van der Waals surface area (Å²) in [5.41, 5.74) is 0.427. The molecule has 0 saturated heterocycles. The van der Waals surface area contributed by atoms with Gasteiger partial charge in [0.1, 0.15) is 4.88 Å². The van der Waals surface area contributed by atoms with Gasteiger partial charge in [0.2, 0.25) is 5.91 Å². The second-order valence-electron chi connectivity index (χ2n) is 10.8. The van der Waals surface area contributed by atoms with E-state index in [0.717, 1.165) is 43.4 Å². The van der Waals surface area contributed by atoms with Crippen LogP contribution in [-0.2, 0) is 19.1 Å². The van der Waals surface area contributed by atoms with Crippen molar-refractivity contribution in [1.29, 1.82) is 0 Å². The molecule has 6 nitrogen and oxygen atoms in total. The molecule has 0 aliphatic heterocycles. The summed E-state index contributed by atoms with van der Waals surface area (Å²) >= 11 is 1.28. The van der Waals surface area contributed by atoms with Crippen molar-refractivity contribution in [3.8, 4) is 11.8 Å². The third-order valence-corrected chi connectivity index (χ3v) is 7.62. The minimum absolute atomic E-state index is 0.0335. The Bertz CT molecular complexity index is 965. The number of hydrogen-bond donors (Lipinski definition) is 0. The molecule has 0 bridgehead atoms. The molecule has 2 aliphatic carbocycles. The summed E-state index contributed by atoms with van der Waals surface area (Å²) in [5.74, 6) is 6.56. The molecule has 1 aromatic rings. The van der Waals surface area contributed by atoms with E-state index < -0.39 is 5.97 Å². The topological polar surface area (TPSA) is 72.9 Å². The molecule has 1 heterocycles. The minimum Gasteiger partial charge on any atom is -0.466 e. The molecule has 0 atom stereocenters. The summed E-state index contributed by atoms with van der Waals surface area (Å²) in [6, 6.07) is 1.84. The first-order valence-electron chi connectivity index (χ1n) is 12.2. The Morgan fingerprint density at radius 3 is 2.35 bits per heavy atom. The molecule has 1 amide bonds. The number of nitrogens with zero attached hydrogens (tertiary/aromatic N) is 1. The second kappa shape index (κ2) is 10.9. The lowest BCUT2D eigenvalue weighted by Gasteiger charge is -2.44.